The summed E-state index contributed by atoms with van der Waals surface area (Å²) >= 11 is 6.14. The zero-order valence-corrected chi connectivity index (χ0v) is 13.8. The minimum Gasteiger partial charge on any atom is -0.264 e. The summed E-state index contributed by atoms with van der Waals surface area (Å²) in [5.74, 6) is 0. The molecule has 0 unspecified atom stereocenters. The first-order valence-electron chi connectivity index (χ1n) is 6.69. The lowest BCUT2D eigenvalue weighted by Gasteiger charge is -2.28. The molecule has 0 radical (unpaired) electrons. The second-order valence-electron chi connectivity index (χ2n) is 5.16. The van der Waals surface area contributed by atoms with Crippen molar-refractivity contribution in [3.8, 4) is 0 Å². The first kappa shape index (κ1) is 15.9. The van der Waals surface area contributed by atoms with E-state index in [-0.39, 0.29) is 16.0 Å². The normalized spacial score (nSPS) is 11.7. The standard InChI is InChI=1S/C16H18ClNO2S/c1-12(2)18(14-7-5-4-6-8-14)21(19,20)16-10-9-13(3)11-15(16)17/h4-12H,1-3H3. The van der Waals surface area contributed by atoms with Crippen LogP contribution < -0.4 is 4.31 Å². The Morgan fingerprint density at radius 2 is 1.67 bits per heavy atom. The Morgan fingerprint density at radius 3 is 2.19 bits per heavy atom. The quantitative estimate of drug-likeness (QED) is 0.843. The fourth-order valence-electron chi connectivity index (χ4n) is 2.21. The number of anilines is 1. The van der Waals surface area contributed by atoms with Crippen molar-refractivity contribution >= 4 is 27.3 Å². The van der Waals surface area contributed by atoms with Crippen molar-refractivity contribution < 1.29 is 8.42 Å². The SMILES string of the molecule is Cc1ccc(S(=O)(=O)N(c2ccccc2)C(C)C)c(Cl)c1. The molecular weight excluding hydrogens is 306 g/mol. The van der Waals surface area contributed by atoms with Crippen LogP contribution in [-0.2, 0) is 10.0 Å². The molecule has 21 heavy (non-hydrogen) atoms. The first-order valence-corrected chi connectivity index (χ1v) is 8.51. The fraction of sp³-hybridized carbons (Fsp3) is 0.250. The number of halogens is 1. The molecule has 2 rings (SSSR count). The maximum atomic E-state index is 12.9. The molecule has 0 aliphatic carbocycles. The van der Waals surface area contributed by atoms with Crippen LogP contribution in [0.2, 0.25) is 5.02 Å². The second kappa shape index (κ2) is 6.08. The molecule has 5 heteroatoms. The van der Waals surface area contributed by atoms with Crippen LogP contribution in [0.5, 0.6) is 0 Å². The van der Waals surface area contributed by atoms with Crippen LogP contribution in [0.4, 0.5) is 5.69 Å². The van der Waals surface area contributed by atoms with Gasteiger partial charge in [0.25, 0.3) is 10.0 Å². The second-order valence-corrected chi connectivity index (χ2v) is 7.35. The van der Waals surface area contributed by atoms with Crippen LogP contribution in [-0.4, -0.2) is 14.5 Å². The molecule has 0 aliphatic rings. The van der Waals surface area contributed by atoms with Gasteiger partial charge in [0.15, 0.2) is 0 Å². The monoisotopic (exact) mass is 323 g/mol. The highest BCUT2D eigenvalue weighted by Gasteiger charge is 2.29. The molecule has 0 spiro atoms. The highest BCUT2D eigenvalue weighted by Crippen LogP contribution is 2.30. The molecular formula is C16H18ClNO2S. The van der Waals surface area contributed by atoms with E-state index in [0.717, 1.165) is 5.56 Å². The number of para-hydroxylation sites is 1. The van der Waals surface area contributed by atoms with Crippen molar-refractivity contribution in [2.75, 3.05) is 4.31 Å². The van der Waals surface area contributed by atoms with Crippen molar-refractivity contribution in [2.45, 2.75) is 31.7 Å². The van der Waals surface area contributed by atoms with Gasteiger partial charge in [-0.2, -0.15) is 0 Å². The molecule has 0 aliphatic heterocycles. The van der Waals surface area contributed by atoms with Gasteiger partial charge in [0, 0.05) is 6.04 Å². The van der Waals surface area contributed by atoms with E-state index in [2.05, 4.69) is 0 Å². The average Bonchev–Trinajstić information content (AvgIpc) is 2.38. The van der Waals surface area contributed by atoms with Gasteiger partial charge in [-0.05, 0) is 50.6 Å². The van der Waals surface area contributed by atoms with Gasteiger partial charge in [0.1, 0.15) is 4.90 Å². The van der Waals surface area contributed by atoms with Gasteiger partial charge in [0.2, 0.25) is 0 Å². The molecule has 0 bridgehead atoms. The van der Waals surface area contributed by atoms with Crippen LogP contribution in [0.25, 0.3) is 0 Å². The van der Waals surface area contributed by atoms with E-state index in [1.807, 2.05) is 39.0 Å². The maximum absolute atomic E-state index is 12.9. The van der Waals surface area contributed by atoms with Crippen LogP contribution in [0.3, 0.4) is 0 Å². The average molecular weight is 324 g/mol. The molecule has 2 aromatic rings. The Kier molecular flexibility index (Phi) is 4.59. The first-order chi connectivity index (χ1) is 9.84. The minimum absolute atomic E-state index is 0.132. The van der Waals surface area contributed by atoms with E-state index in [4.69, 9.17) is 11.6 Å². The van der Waals surface area contributed by atoms with E-state index in [0.29, 0.717) is 5.69 Å². The van der Waals surface area contributed by atoms with Crippen molar-refractivity contribution in [3.63, 3.8) is 0 Å². The Balaban J connectivity index is 2.59. The van der Waals surface area contributed by atoms with Crippen LogP contribution in [0, 0.1) is 6.92 Å². The molecule has 0 N–H and O–H groups in total. The third-order valence-electron chi connectivity index (χ3n) is 3.10. The molecule has 0 aromatic heterocycles. The molecule has 112 valence electrons. The summed E-state index contributed by atoms with van der Waals surface area (Å²) in [6.45, 7) is 5.55. The number of hydrogen-bond acceptors (Lipinski definition) is 2. The fourth-order valence-corrected chi connectivity index (χ4v) is 4.45. The zero-order chi connectivity index (χ0) is 15.6. The lowest BCUT2D eigenvalue weighted by Crippen LogP contribution is -2.37. The summed E-state index contributed by atoms with van der Waals surface area (Å²) < 4.78 is 27.3. The van der Waals surface area contributed by atoms with Crippen molar-refractivity contribution in [2.24, 2.45) is 0 Å². The Labute approximate surface area is 131 Å². The van der Waals surface area contributed by atoms with Gasteiger partial charge in [0.05, 0.1) is 10.7 Å². The van der Waals surface area contributed by atoms with E-state index >= 15 is 0 Å². The highest BCUT2D eigenvalue weighted by molar-refractivity contribution is 7.93. The van der Waals surface area contributed by atoms with Gasteiger partial charge in [-0.15, -0.1) is 0 Å². The van der Waals surface area contributed by atoms with Gasteiger partial charge >= 0.3 is 0 Å². The molecule has 0 saturated carbocycles. The van der Waals surface area contributed by atoms with Crippen molar-refractivity contribution in [3.05, 3.63) is 59.1 Å². The zero-order valence-electron chi connectivity index (χ0n) is 12.2. The topological polar surface area (TPSA) is 37.4 Å². The van der Waals surface area contributed by atoms with Gasteiger partial charge in [-0.1, -0.05) is 35.9 Å². The van der Waals surface area contributed by atoms with Crippen molar-refractivity contribution in [1.82, 2.24) is 0 Å². The summed E-state index contributed by atoms with van der Waals surface area (Å²) in [5.41, 5.74) is 1.55. The third kappa shape index (κ3) is 3.22. The predicted molar refractivity (Wildman–Crippen MR) is 87.4 cm³/mol. The number of nitrogens with zero attached hydrogens (tertiary/aromatic N) is 1. The summed E-state index contributed by atoms with van der Waals surface area (Å²) in [6.07, 6.45) is 0. The predicted octanol–water partition coefficient (Wildman–Crippen LogP) is 4.25. The van der Waals surface area contributed by atoms with Crippen LogP contribution in [0.1, 0.15) is 19.4 Å². The van der Waals surface area contributed by atoms with Gasteiger partial charge < -0.3 is 0 Å². The van der Waals surface area contributed by atoms with E-state index in [1.54, 1.807) is 30.3 Å². The van der Waals surface area contributed by atoms with E-state index in [1.165, 1.54) is 4.31 Å². The molecule has 0 saturated heterocycles. The van der Waals surface area contributed by atoms with Crippen LogP contribution >= 0.6 is 11.6 Å². The summed E-state index contributed by atoms with van der Waals surface area (Å²) in [4.78, 5) is 0.132. The summed E-state index contributed by atoms with van der Waals surface area (Å²) in [6, 6.07) is 13.8. The smallest absolute Gasteiger partial charge is 0.264 e. The van der Waals surface area contributed by atoms with Crippen LogP contribution in [0.15, 0.2) is 53.4 Å². The minimum atomic E-state index is -3.70. The lowest BCUT2D eigenvalue weighted by atomic mass is 10.2. The molecule has 0 atom stereocenters. The third-order valence-corrected chi connectivity index (χ3v) is 5.59. The maximum Gasteiger partial charge on any atom is 0.266 e. The Morgan fingerprint density at radius 1 is 1.05 bits per heavy atom. The number of benzene rings is 2. The number of sulfonamides is 1. The lowest BCUT2D eigenvalue weighted by molar-refractivity contribution is 0.584. The van der Waals surface area contributed by atoms with E-state index < -0.39 is 10.0 Å². The van der Waals surface area contributed by atoms with Gasteiger partial charge in [-0.25, -0.2) is 8.42 Å². The van der Waals surface area contributed by atoms with Gasteiger partial charge in [-0.3, -0.25) is 4.31 Å². The Hall–Kier alpha value is -1.52. The van der Waals surface area contributed by atoms with E-state index in [9.17, 15) is 8.42 Å². The molecule has 3 nitrogen and oxygen atoms in total. The number of aryl methyl sites for hydroxylation is 1. The molecule has 0 heterocycles. The number of hydrogen-bond donors (Lipinski definition) is 0. The molecule has 0 fully saturated rings. The summed E-state index contributed by atoms with van der Waals surface area (Å²) in [5, 5.41) is 0.247. The Bertz CT molecular complexity index is 727. The summed E-state index contributed by atoms with van der Waals surface area (Å²) in [7, 11) is -3.70. The molecule has 0 amide bonds. The number of rotatable bonds is 4. The largest absolute Gasteiger partial charge is 0.266 e. The molecule has 2 aromatic carbocycles. The van der Waals surface area contributed by atoms with Crippen molar-refractivity contribution in [1.29, 1.82) is 0 Å². The highest BCUT2D eigenvalue weighted by atomic mass is 35.5.